The van der Waals surface area contributed by atoms with Gasteiger partial charge >= 0.3 is 0 Å². The predicted octanol–water partition coefficient (Wildman–Crippen LogP) is 7.50. The van der Waals surface area contributed by atoms with Gasteiger partial charge in [-0.15, -0.1) is 0 Å². The third-order valence-electron chi connectivity index (χ3n) is 8.40. The van der Waals surface area contributed by atoms with Crippen LogP contribution in [0.15, 0.2) is 72.8 Å². The molecule has 1 nitrogen and oxygen atoms in total. The van der Waals surface area contributed by atoms with Gasteiger partial charge in [-0.25, -0.2) is 0 Å². The number of hydrogen-bond donors (Lipinski definition) is 0. The van der Waals surface area contributed by atoms with Gasteiger partial charge in [-0.3, -0.25) is 0 Å². The molecule has 2 fully saturated rings. The van der Waals surface area contributed by atoms with Crippen LogP contribution in [0.4, 0.5) is 0 Å². The van der Waals surface area contributed by atoms with Crippen molar-refractivity contribution in [1.29, 1.82) is 0 Å². The first kappa shape index (κ1) is 24.5. The minimum atomic E-state index is -2.41. The van der Waals surface area contributed by atoms with E-state index < -0.39 is 8.32 Å². The molecule has 2 bridgehead atoms. The predicted molar refractivity (Wildman–Crippen MR) is 148 cm³/mol. The summed E-state index contributed by atoms with van der Waals surface area (Å²) in [6.07, 6.45) is 17.6. The molecular weight excluding hydrogens is 415 g/mol. The van der Waals surface area contributed by atoms with Crippen molar-refractivity contribution in [3.05, 3.63) is 72.8 Å². The molecule has 2 aromatic rings. The molecule has 2 aromatic carbocycles. The van der Waals surface area contributed by atoms with E-state index in [2.05, 4.69) is 93.6 Å². The van der Waals surface area contributed by atoms with E-state index in [4.69, 9.17) is 4.43 Å². The second-order valence-corrected chi connectivity index (χ2v) is 15.7. The minimum absolute atomic E-state index is 0.0440. The monoisotopic (exact) mass is 458 g/mol. The number of unbranched alkanes of at least 4 members (excludes halogenated alkanes) is 1. The van der Waals surface area contributed by atoms with Crippen molar-refractivity contribution >= 4 is 25.4 Å². The number of rotatable bonds is 9. The summed E-state index contributed by atoms with van der Waals surface area (Å²) in [4.78, 5) is 0. The molecular formula is C30H43BOSi. The second-order valence-electron chi connectivity index (χ2n) is 11.4. The number of benzene rings is 2. The van der Waals surface area contributed by atoms with Gasteiger partial charge in [0.25, 0.3) is 8.32 Å². The Balaban J connectivity index is 1.39. The Kier molecular flexibility index (Phi) is 8.35. The first-order chi connectivity index (χ1) is 16.0. The van der Waals surface area contributed by atoms with Gasteiger partial charge in [0, 0.05) is 0 Å². The van der Waals surface area contributed by atoms with Crippen LogP contribution in [0.3, 0.4) is 0 Å². The fraction of sp³-hybridized carbons (Fsp3) is 0.533. The van der Waals surface area contributed by atoms with E-state index in [-0.39, 0.29) is 5.04 Å². The summed E-state index contributed by atoms with van der Waals surface area (Å²) < 4.78 is 6.98. The Morgan fingerprint density at radius 2 is 1.33 bits per heavy atom. The average molecular weight is 459 g/mol. The Hall–Kier alpha value is -1.58. The van der Waals surface area contributed by atoms with Gasteiger partial charge in [-0.05, 0) is 21.8 Å². The third-order valence-corrected chi connectivity index (χ3v) is 13.4. The van der Waals surface area contributed by atoms with Crippen molar-refractivity contribution in [3.8, 4) is 0 Å². The van der Waals surface area contributed by atoms with E-state index in [1.807, 2.05) is 0 Å². The summed E-state index contributed by atoms with van der Waals surface area (Å²) in [5, 5.41) is 2.77. The molecule has 0 N–H and O–H groups in total. The molecule has 0 saturated carbocycles. The quantitative estimate of drug-likeness (QED) is 0.215. The van der Waals surface area contributed by atoms with E-state index in [0.29, 0.717) is 6.61 Å². The fourth-order valence-electron chi connectivity index (χ4n) is 6.88. The maximum absolute atomic E-state index is 6.98. The first-order valence-corrected chi connectivity index (χ1v) is 15.3. The Morgan fingerprint density at radius 3 is 1.82 bits per heavy atom. The molecule has 2 aliphatic heterocycles. The summed E-state index contributed by atoms with van der Waals surface area (Å²) in [6, 6.07) is 21.9. The molecule has 0 aromatic heterocycles. The van der Waals surface area contributed by atoms with Crippen molar-refractivity contribution in [2.75, 3.05) is 6.61 Å². The molecule has 0 atom stereocenters. The lowest BCUT2D eigenvalue weighted by Crippen LogP contribution is -2.66. The molecule has 3 heteroatoms. The smallest absolute Gasteiger partial charge is 0.261 e. The number of hydrogen-bond acceptors (Lipinski definition) is 1. The second kappa shape index (κ2) is 11.2. The van der Waals surface area contributed by atoms with Crippen LogP contribution in [0.5, 0.6) is 0 Å². The highest BCUT2D eigenvalue weighted by atomic mass is 28.4. The Labute approximate surface area is 204 Å². The molecule has 0 unspecified atom stereocenters. The van der Waals surface area contributed by atoms with Crippen molar-refractivity contribution < 1.29 is 4.43 Å². The molecule has 0 aliphatic carbocycles. The number of fused-ring (bicyclic) bond motifs is 2. The lowest BCUT2D eigenvalue weighted by Gasteiger charge is -2.42. The minimum Gasteiger partial charge on any atom is -0.404 e. The molecule has 2 aliphatic rings. The van der Waals surface area contributed by atoms with Crippen LogP contribution < -0.4 is 10.4 Å². The van der Waals surface area contributed by atoms with Crippen LogP contribution in [-0.4, -0.2) is 21.6 Å². The zero-order chi connectivity index (χ0) is 23.2. The van der Waals surface area contributed by atoms with E-state index >= 15 is 0 Å². The van der Waals surface area contributed by atoms with Gasteiger partial charge in [0.1, 0.15) is 6.71 Å². The molecule has 2 heterocycles. The van der Waals surface area contributed by atoms with Crippen molar-refractivity contribution in [2.24, 2.45) is 0 Å². The van der Waals surface area contributed by atoms with E-state index in [1.165, 1.54) is 68.1 Å². The van der Waals surface area contributed by atoms with Gasteiger partial charge in [-0.2, -0.15) is 0 Å². The van der Waals surface area contributed by atoms with Gasteiger partial charge < -0.3 is 4.43 Å². The zero-order valence-corrected chi connectivity index (χ0v) is 22.1. The van der Waals surface area contributed by atoms with Crippen LogP contribution in [0, 0.1) is 0 Å². The Morgan fingerprint density at radius 1 is 0.818 bits per heavy atom. The van der Waals surface area contributed by atoms with Gasteiger partial charge in [0.2, 0.25) is 0 Å². The molecule has 2 saturated heterocycles. The summed E-state index contributed by atoms with van der Waals surface area (Å²) in [5.41, 5.74) is 0. The SMILES string of the molecule is CC(C)(C)[Si](OC/C=C/CCCB1C2CCCC1CCC2)(c1ccccc1)c1ccccc1. The average Bonchev–Trinajstić information content (AvgIpc) is 2.81. The third kappa shape index (κ3) is 5.57. The molecule has 0 radical (unpaired) electrons. The highest BCUT2D eigenvalue weighted by Gasteiger charge is 2.49. The van der Waals surface area contributed by atoms with Crippen LogP contribution in [0.1, 0.15) is 72.1 Å². The lowest BCUT2D eigenvalue weighted by molar-refractivity contribution is 0.339. The summed E-state index contributed by atoms with van der Waals surface area (Å²) in [6.45, 7) is 8.77. The van der Waals surface area contributed by atoms with Crippen LogP contribution in [0.25, 0.3) is 0 Å². The highest BCUT2D eigenvalue weighted by Crippen LogP contribution is 2.48. The van der Waals surface area contributed by atoms with Gasteiger partial charge in [0.15, 0.2) is 0 Å². The maximum Gasteiger partial charge on any atom is 0.261 e. The van der Waals surface area contributed by atoms with Crippen LogP contribution in [-0.2, 0) is 4.43 Å². The lowest BCUT2D eigenvalue weighted by atomic mass is 9.26. The fourth-order valence-corrected chi connectivity index (χ4v) is 11.4. The molecule has 0 spiro atoms. The van der Waals surface area contributed by atoms with Crippen molar-refractivity contribution in [3.63, 3.8) is 0 Å². The van der Waals surface area contributed by atoms with Crippen LogP contribution in [0.2, 0.25) is 23.0 Å². The molecule has 0 amide bonds. The van der Waals surface area contributed by atoms with E-state index in [9.17, 15) is 0 Å². The normalized spacial score (nSPS) is 21.5. The zero-order valence-electron chi connectivity index (χ0n) is 21.1. The highest BCUT2D eigenvalue weighted by molar-refractivity contribution is 6.99. The summed E-state index contributed by atoms with van der Waals surface area (Å²) >= 11 is 0. The summed E-state index contributed by atoms with van der Waals surface area (Å²) in [7, 11) is -2.41. The van der Waals surface area contributed by atoms with Gasteiger partial charge in [-0.1, -0.05) is 156 Å². The topological polar surface area (TPSA) is 9.23 Å². The van der Waals surface area contributed by atoms with E-state index in [0.717, 1.165) is 18.3 Å². The van der Waals surface area contributed by atoms with Crippen LogP contribution >= 0.6 is 0 Å². The van der Waals surface area contributed by atoms with Crippen molar-refractivity contribution in [2.45, 2.75) is 95.1 Å². The molecule has 4 rings (SSSR count). The Bertz CT molecular complexity index is 812. The molecule has 176 valence electrons. The molecule has 33 heavy (non-hydrogen) atoms. The number of allylic oxidation sites excluding steroid dienone is 1. The maximum atomic E-state index is 6.98. The largest absolute Gasteiger partial charge is 0.404 e. The van der Waals surface area contributed by atoms with Crippen molar-refractivity contribution in [1.82, 2.24) is 0 Å². The standard InChI is InChI=1S/C30H43BOSi/c1-30(2,3)33(28-20-8-6-9-21-28,29-22-10-7-11-23-29)32-25-13-5-4-12-24-31-26-16-14-17-27(31)19-15-18-26/h5-11,13,20-23,26-27H,4,12,14-19,24-25H2,1-3H3/b13-5+. The first-order valence-electron chi connectivity index (χ1n) is 13.4. The van der Waals surface area contributed by atoms with Gasteiger partial charge in [0.05, 0.1) is 6.61 Å². The van der Waals surface area contributed by atoms with E-state index in [1.54, 1.807) is 0 Å². The summed E-state index contributed by atoms with van der Waals surface area (Å²) in [5.74, 6) is 2.08.